The fourth-order valence-corrected chi connectivity index (χ4v) is 3.64. The molecule has 0 radical (unpaired) electrons. The number of nitrogens with zero attached hydrogens (tertiary/aromatic N) is 3. The van der Waals surface area contributed by atoms with Gasteiger partial charge in [0.15, 0.2) is 4.34 Å². The van der Waals surface area contributed by atoms with Crippen LogP contribution in [0, 0.1) is 13.8 Å². The topological polar surface area (TPSA) is 63.8 Å². The third-order valence-corrected chi connectivity index (χ3v) is 5.24. The van der Waals surface area contributed by atoms with Crippen molar-refractivity contribution in [2.75, 3.05) is 12.4 Å². The second-order valence-electron chi connectivity index (χ2n) is 4.87. The molecular weight excluding hydrogens is 316 g/mol. The van der Waals surface area contributed by atoms with Gasteiger partial charge >= 0.3 is 0 Å². The number of oxazole rings is 1. The monoisotopic (exact) mass is 332 g/mol. The number of aryl methyl sites for hydroxylation is 2. The number of hydrogen-bond acceptors (Lipinski definition) is 7. The molecule has 1 aromatic carbocycles. The largest absolute Gasteiger partial charge is 0.444 e. The predicted octanol–water partition coefficient (Wildman–Crippen LogP) is 4.14. The van der Waals surface area contributed by atoms with Crippen molar-refractivity contribution in [1.82, 2.24) is 15.2 Å². The van der Waals surface area contributed by atoms with E-state index in [1.54, 1.807) is 18.0 Å². The smallest absolute Gasteiger partial charge is 0.226 e. The van der Waals surface area contributed by atoms with E-state index < -0.39 is 0 Å². The van der Waals surface area contributed by atoms with Gasteiger partial charge in [-0.2, -0.15) is 0 Å². The van der Waals surface area contributed by atoms with Gasteiger partial charge < -0.3 is 9.73 Å². The summed E-state index contributed by atoms with van der Waals surface area (Å²) in [6.07, 6.45) is 1.71. The third kappa shape index (κ3) is 3.31. The van der Waals surface area contributed by atoms with E-state index in [1.807, 2.05) is 7.05 Å². The summed E-state index contributed by atoms with van der Waals surface area (Å²) >= 11 is 3.14. The first-order valence-corrected chi connectivity index (χ1v) is 8.62. The first-order valence-electron chi connectivity index (χ1n) is 6.82. The molecule has 3 aromatic rings. The maximum Gasteiger partial charge on any atom is 0.226 e. The number of hydrogen-bond donors (Lipinski definition) is 1. The summed E-state index contributed by atoms with van der Waals surface area (Å²) in [5, 5.41) is 11.9. The van der Waals surface area contributed by atoms with Gasteiger partial charge in [0.1, 0.15) is 6.26 Å². The van der Waals surface area contributed by atoms with E-state index in [4.69, 9.17) is 4.42 Å². The van der Waals surface area contributed by atoms with E-state index >= 15 is 0 Å². The van der Waals surface area contributed by atoms with Gasteiger partial charge in [-0.3, -0.25) is 0 Å². The average molecular weight is 332 g/mol. The molecule has 0 saturated carbocycles. The van der Waals surface area contributed by atoms with Crippen LogP contribution in [0.15, 0.2) is 33.2 Å². The summed E-state index contributed by atoms with van der Waals surface area (Å²) in [5.41, 5.74) is 4.35. The van der Waals surface area contributed by atoms with Crippen molar-refractivity contribution in [3.8, 4) is 11.5 Å². The fraction of sp³-hybridized carbons (Fsp3) is 0.267. The zero-order chi connectivity index (χ0) is 15.5. The van der Waals surface area contributed by atoms with Crippen LogP contribution in [0.1, 0.15) is 16.8 Å². The van der Waals surface area contributed by atoms with Crippen LogP contribution in [-0.4, -0.2) is 22.2 Å². The molecule has 7 heteroatoms. The molecule has 0 aliphatic heterocycles. The summed E-state index contributed by atoms with van der Waals surface area (Å²) < 4.78 is 6.53. The number of nitrogens with one attached hydrogen (secondary N) is 1. The molecule has 2 aromatic heterocycles. The van der Waals surface area contributed by atoms with Crippen molar-refractivity contribution in [3.05, 3.63) is 41.3 Å². The molecule has 114 valence electrons. The summed E-state index contributed by atoms with van der Waals surface area (Å²) in [7, 11) is 1.84. The van der Waals surface area contributed by atoms with Crippen LogP contribution in [-0.2, 0) is 5.75 Å². The lowest BCUT2D eigenvalue weighted by atomic mass is 10.1. The highest BCUT2D eigenvalue weighted by Crippen LogP contribution is 2.29. The summed E-state index contributed by atoms with van der Waals surface area (Å²) in [5.74, 6) is 1.38. The molecule has 0 aliphatic rings. The first kappa shape index (κ1) is 15.1. The molecule has 0 saturated heterocycles. The highest BCUT2D eigenvalue weighted by Gasteiger charge is 2.11. The average Bonchev–Trinajstić information content (AvgIpc) is 3.14. The second kappa shape index (κ2) is 6.50. The summed E-state index contributed by atoms with van der Waals surface area (Å²) in [6, 6.07) is 6.26. The van der Waals surface area contributed by atoms with E-state index in [1.165, 1.54) is 22.5 Å². The Morgan fingerprint density at radius 3 is 2.86 bits per heavy atom. The van der Waals surface area contributed by atoms with Crippen LogP contribution in [0.3, 0.4) is 0 Å². The number of benzene rings is 1. The van der Waals surface area contributed by atoms with Gasteiger partial charge in [-0.05, 0) is 25.5 Å². The molecule has 1 N–H and O–H groups in total. The van der Waals surface area contributed by atoms with E-state index in [0.717, 1.165) is 20.7 Å². The van der Waals surface area contributed by atoms with E-state index in [9.17, 15) is 0 Å². The van der Waals surface area contributed by atoms with Crippen LogP contribution >= 0.6 is 23.1 Å². The molecular formula is C15H16N4OS2. The van der Waals surface area contributed by atoms with Gasteiger partial charge in [-0.15, -0.1) is 10.2 Å². The Hall–Kier alpha value is -1.86. The maximum atomic E-state index is 5.62. The lowest BCUT2D eigenvalue weighted by Crippen LogP contribution is -1.86. The Morgan fingerprint density at radius 2 is 2.14 bits per heavy atom. The highest BCUT2D eigenvalue weighted by molar-refractivity contribution is 8.00. The highest BCUT2D eigenvalue weighted by atomic mass is 32.2. The van der Waals surface area contributed by atoms with Crippen LogP contribution in [0.2, 0.25) is 0 Å². The minimum Gasteiger partial charge on any atom is -0.444 e. The normalized spacial score (nSPS) is 10.9. The Morgan fingerprint density at radius 1 is 1.27 bits per heavy atom. The van der Waals surface area contributed by atoms with Crippen molar-refractivity contribution >= 4 is 28.2 Å². The molecule has 3 rings (SSSR count). The standard InChI is InChI=1S/C15H16N4OS2/c1-9-4-5-12(10(2)6-9)13-17-11(7-20-13)8-21-15-19-18-14(16-3)22-15/h4-7H,8H2,1-3H3,(H,16,18). The lowest BCUT2D eigenvalue weighted by molar-refractivity contribution is 0.573. The number of thioether (sulfide) groups is 1. The second-order valence-corrected chi connectivity index (χ2v) is 7.07. The van der Waals surface area contributed by atoms with Crippen LogP contribution < -0.4 is 5.32 Å². The van der Waals surface area contributed by atoms with Gasteiger partial charge in [0.05, 0.1) is 5.69 Å². The molecule has 0 unspecified atom stereocenters. The van der Waals surface area contributed by atoms with Crippen LogP contribution in [0.4, 0.5) is 5.13 Å². The molecule has 5 nitrogen and oxygen atoms in total. The number of aromatic nitrogens is 3. The van der Waals surface area contributed by atoms with E-state index in [2.05, 4.69) is 52.5 Å². The molecule has 0 amide bonds. The molecule has 0 atom stereocenters. The van der Waals surface area contributed by atoms with Gasteiger partial charge in [-0.1, -0.05) is 40.8 Å². The SMILES string of the molecule is CNc1nnc(SCc2coc(-c3ccc(C)cc3C)n2)s1. The van der Waals surface area contributed by atoms with Crippen LogP contribution in [0.25, 0.3) is 11.5 Å². The Bertz CT molecular complexity index is 781. The Kier molecular flexibility index (Phi) is 4.44. The minimum absolute atomic E-state index is 0.668. The molecule has 0 fully saturated rings. The Balaban J connectivity index is 1.70. The predicted molar refractivity (Wildman–Crippen MR) is 90.4 cm³/mol. The fourth-order valence-electron chi connectivity index (χ4n) is 2.06. The van der Waals surface area contributed by atoms with Gasteiger partial charge in [0, 0.05) is 18.4 Å². The maximum absolute atomic E-state index is 5.62. The molecule has 2 heterocycles. The summed E-state index contributed by atoms with van der Waals surface area (Å²) in [4.78, 5) is 4.57. The minimum atomic E-state index is 0.668. The number of anilines is 1. The van der Waals surface area contributed by atoms with E-state index in [-0.39, 0.29) is 0 Å². The van der Waals surface area contributed by atoms with Gasteiger partial charge in [0.2, 0.25) is 11.0 Å². The lowest BCUT2D eigenvalue weighted by Gasteiger charge is -2.02. The van der Waals surface area contributed by atoms with Crippen LogP contribution in [0.5, 0.6) is 0 Å². The number of rotatable bonds is 5. The van der Waals surface area contributed by atoms with Crippen molar-refractivity contribution in [2.24, 2.45) is 0 Å². The Labute approximate surface area is 137 Å². The molecule has 22 heavy (non-hydrogen) atoms. The van der Waals surface area contributed by atoms with Crippen molar-refractivity contribution in [2.45, 2.75) is 23.9 Å². The van der Waals surface area contributed by atoms with Crippen molar-refractivity contribution in [1.29, 1.82) is 0 Å². The van der Waals surface area contributed by atoms with Gasteiger partial charge in [-0.25, -0.2) is 4.98 Å². The molecule has 0 bridgehead atoms. The molecule has 0 aliphatic carbocycles. The summed E-state index contributed by atoms with van der Waals surface area (Å²) in [6.45, 7) is 4.15. The first-order chi connectivity index (χ1) is 10.7. The van der Waals surface area contributed by atoms with Crippen molar-refractivity contribution < 1.29 is 4.42 Å². The quantitative estimate of drug-likeness (QED) is 0.708. The van der Waals surface area contributed by atoms with Gasteiger partial charge in [0.25, 0.3) is 0 Å². The zero-order valence-electron chi connectivity index (χ0n) is 12.6. The van der Waals surface area contributed by atoms with E-state index in [0.29, 0.717) is 11.6 Å². The third-order valence-electron chi connectivity index (χ3n) is 3.13. The molecule has 0 spiro atoms. The van der Waals surface area contributed by atoms with Crippen molar-refractivity contribution in [3.63, 3.8) is 0 Å². The zero-order valence-corrected chi connectivity index (χ0v) is 14.2.